The van der Waals surface area contributed by atoms with Gasteiger partial charge in [0, 0.05) is 19.1 Å². The lowest BCUT2D eigenvalue weighted by Crippen LogP contribution is -2.23. The van der Waals surface area contributed by atoms with Crippen molar-refractivity contribution < 1.29 is 18.8 Å². The first kappa shape index (κ1) is 18.2. The third-order valence-electron chi connectivity index (χ3n) is 3.45. The number of nitrogens with zero attached hydrogens (tertiary/aromatic N) is 2. The summed E-state index contributed by atoms with van der Waals surface area (Å²) in [4.78, 5) is 16.1. The van der Waals surface area contributed by atoms with Crippen LogP contribution in [0.25, 0.3) is 10.6 Å². The molecule has 1 atom stereocenters. The summed E-state index contributed by atoms with van der Waals surface area (Å²) in [6.07, 6.45) is 1.64. The fraction of sp³-hybridized carbons (Fsp3) is 0.235. The minimum atomic E-state index is -0.268. The van der Waals surface area contributed by atoms with Gasteiger partial charge < -0.3 is 19.3 Å². The first-order valence-electron chi connectivity index (χ1n) is 7.67. The normalized spacial score (nSPS) is 11.8. The number of methoxy groups -OCH3 is 1. The lowest BCUT2D eigenvalue weighted by Gasteiger charge is -2.06. The maximum atomic E-state index is 11.1. The number of rotatable bonds is 6. The molecule has 3 aromatic rings. The zero-order chi connectivity index (χ0) is 18.7. The summed E-state index contributed by atoms with van der Waals surface area (Å²) in [7, 11) is 1.57. The average Bonchev–Trinajstić information content (AvgIpc) is 3.25. The van der Waals surface area contributed by atoms with E-state index in [0.29, 0.717) is 33.2 Å². The highest BCUT2D eigenvalue weighted by atomic mass is 35.5. The van der Waals surface area contributed by atoms with Crippen molar-refractivity contribution in [3.05, 3.63) is 41.2 Å². The molecule has 1 aromatic carbocycles. The van der Waals surface area contributed by atoms with Crippen LogP contribution in [-0.2, 0) is 4.79 Å². The van der Waals surface area contributed by atoms with Crippen LogP contribution in [0.15, 0.2) is 35.0 Å². The van der Waals surface area contributed by atoms with E-state index in [1.165, 1.54) is 18.3 Å². The summed E-state index contributed by atoms with van der Waals surface area (Å²) in [5.74, 6) is 1.55. The van der Waals surface area contributed by atoms with Crippen molar-refractivity contribution in [3.63, 3.8) is 0 Å². The van der Waals surface area contributed by atoms with Crippen molar-refractivity contribution in [2.24, 2.45) is 0 Å². The summed E-state index contributed by atoms with van der Waals surface area (Å²) in [5, 5.41) is 7.61. The van der Waals surface area contributed by atoms with Gasteiger partial charge in [0.05, 0.1) is 29.2 Å². The maximum Gasteiger partial charge on any atom is 0.279 e. The largest absolute Gasteiger partial charge is 0.497 e. The van der Waals surface area contributed by atoms with Gasteiger partial charge in [-0.1, -0.05) is 28.1 Å². The number of aromatic nitrogens is 2. The number of hydrogen-bond acceptors (Lipinski definition) is 7. The fourth-order valence-corrected chi connectivity index (χ4v) is 3.13. The molecule has 0 aliphatic heterocycles. The fourth-order valence-electron chi connectivity index (χ4n) is 2.19. The van der Waals surface area contributed by atoms with E-state index < -0.39 is 0 Å². The van der Waals surface area contributed by atoms with Gasteiger partial charge in [0.15, 0.2) is 5.76 Å². The molecule has 1 unspecified atom stereocenters. The molecule has 2 heterocycles. The summed E-state index contributed by atoms with van der Waals surface area (Å²) >= 11 is 7.48. The Hall–Kier alpha value is -2.58. The standard InChI is InChI=1S/C17H16ClN3O4S/c1-9(20-10(2)22)15-7-13(21-25-15)16-8-19-17(26-16)24-14-5-4-11(23-3)6-12(14)18/h4-9H,1-3H3,(H,20,22). The number of thiazole rings is 1. The molecule has 7 nitrogen and oxygen atoms in total. The Balaban J connectivity index is 1.74. The van der Waals surface area contributed by atoms with Gasteiger partial charge in [-0.05, 0) is 19.1 Å². The SMILES string of the molecule is COc1ccc(Oc2ncc(-c3cc(C(C)NC(C)=O)on3)s2)c(Cl)c1. The van der Waals surface area contributed by atoms with Crippen molar-refractivity contribution in [2.45, 2.75) is 19.9 Å². The van der Waals surface area contributed by atoms with E-state index in [4.69, 9.17) is 25.6 Å². The minimum Gasteiger partial charge on any atom is -0.497 e. The Labute approximate surface area is 158 Å². The van der Waals surface area contributed by atoms with Gasteiger partial charge >= 0.3 is 0 Å². The van der Waals surface area contributed by atoms with E-state index >= 15 is 0 Å². The van der Waals surface area contributed by atoms with Gasteiger partial charge in [0.1, 0.15) is 17.2 Å². The van der Waals surface area contributed by atoms with Gasteiger partial charge in [-0.3, -0.25) is 4.79 Å². The highest BCUT2D eigenvalue weighted by molar-refractivity contribution is 7.16. The van der Waals surface area contributed by atoms with E-state index in [-0.39, 0.29) is 11.9 Å². The molecule has 1 N–H and O–H groups in total. The van der Waals surface area contributed by atoms with Crippen LogP contribution in [0.5, 0.6) is 16.7 Å². The second kappa shape index (κ2) is 7.76. The lowest BCUT2D eigenvalue weighted by molar-refractivity contribution is -0.119. The van der Waals surface area contributed by atoms with Crippen molar-refractivity contribution in [2.75, 3.05) is 7.11 Å². The van der Waals surface area contributed by atoms with Crippen LogP contribution >= 0.6 is 22.9 Å². The molecule has 0 saturated heterocycles. The lowest BCUT2D eigenvalue weighted by atomic mass is 10.2. The van der Waals surface area contributed by atoms with Crippen LogP contribution < -0.4 is 14.8 Å². The monoisotopic (exact) mass is 393 g/mol. The maximum absolute atomic E-state index is 11.1. The summed E-state index contributed by atoms with van der Waals surface area (Å²) in [5.41, 5.74) is 0.616. The van der Waals surface area contributed by atoms with E-state index in [9.17, 15) is 4.79 Å². The zero-order valence-electron chi connectivity index (χ0n) is 14.3. The number of benzene rings is 1. The molecule has 9 heteroatoms. The van der Waals surface area contributed by atoms with E-state index in [0.717, 1.165) is 4.88 Å². The Bertz CT molecular complexity index is 924. The van der Waals surface area contributed by atoms with Crippen LogP contribution in [0.4, 0.5) is 0 Å². The van der Waals surface area contributed by atoms with Gasteiger partial charge in [-0.25, -0.2) is 4.98 Å². The van der Waals surface area contributed by atoms with E-state index in [2.05, 4.69) is 15.5 Å². The van der Waals surface area contributed by atoms with Crippen molar-refractivity contribution in [1.82, 2.24) is 15.5 Å². The van der Waals surface area contributed by atoms with Gasteiger partial charge in [0.2, 0.25) is 5.91 Å². The summed E-state index contributed by atoms with van der Waals surface area (Å²) < 4.78 is 16.1. The second-order valence-electron chi connectivity index (χ2n) is 5.43. The summed E-state index contributed by atoms with van der Waals surface area (Å²) in [6.45, 7) is 3.27. The van der Waals surface area contributed by atoms with Crippen molar-refractivity contribution >= 4 is 28.8 Å². The number of amides is 1. The Morgan fingerprint density at radius 2 is 2.19 bits per heavy atom. The number of carbonyl (C=O) groups is 1. The minimum absolute atomic E-state index is 0.139. The molecular formula is C17H16ClN3O4S. The van der Waals surface area contributed by atoms with Crippen LogP contribution in [0.2, 0.25) is 5.02 Å². The molecule has 0 bridgehead atoms. The van der Waals surface area contributed by atoms with Crippen LogP contribution in [0.1, 0.15) is 25.6 Å². The predicted molar refractivity (Wildman–Crippen MR) is 97.9 cm³/mol. The Kier molecular flexibility index (Phi) is 5.43. The molecule has 0 radical (unpaired) electrons. The van der Waals surface area contributed by atoms with Gasteiger partial charge in [-0.2, -0.15) is 0 Å². The average molecular weight is 394 g/mol. The molecule has 3 rings (SSSR count). The molecule has 0 aliphatic rings. The number of carbonyl (C=O) groups excluding carboxylic acids is 1. The van der Waals surface area contributed by atoms with Crippen molar-refractivity contribution in [3.8, 4) is 27.3 Å². The molecule has 2 aromatic heterocycles. The van der Waals surface area contributed by atoms with E-state index in [1.807, 2.05) is 6.92 Å². The van der Waals surface area contributed by atoms with Gasteiger partial charge in [0.25, 0.3) is 5.19 Å². The molecular weight excluding hydrogens is 378 g/mol. The van der Waals surface area contributed by atoms with Gasteiger partial charge in [-0.15, -0.1) is 0 Å². The highest BCUT2D eigenvalue weighted by Gasteiger charge is 2.16. The molecule has 0 aliphatic carbocycles. The Morgan fingerprint density at radius 3 is 2.88 bits per heavy atom. The molecule has 136 valence electrons. The number of nitrogens with one attached hydrogen (secondary N) is 1. The smallest absolute Gasteiger partial charge is 0.279 e. The third-order valence-corrected chi connectivity index (χ3v) is 4.64. The molecule has 0 fully saturated rings. The zero-order valence-corrected chi connectivity index (χ0v) is 15.9. The first-order chi connectivity index (χ1) is 12.5. The number of halogens is 1. The van der Waals surface area contributed by atoms with Crippen LogP contribution in [0.3, 0.4) is 0 Å². The first-order valence-corrected chi connectivity index (χ1v) is 8.87. The van der Waals surface area contributed by atoms with Crippen LogP contribution in [0, 0.1) is 0 Å². The third kappa shape index (κ3) is 4.14. The molecule has 26 heavy (non-hydrogen) atoms. The predicted octanol–water partition coefficient (Wildman–Crippen LogP) is 4.45. The van der Waals surface area contributed by atoms with Crippen LogP contribution in [-0.4, -0.2) is 23.2 Å². The number of ether oxygens (including phenoxy) is 2. The highest BCUT2D eigenvalue weighted by Crippen LogP contribution is 2.36. The molecule has 1 amide bonds. The van der Waals surface area contributed by atoms with Crippen molar-refractivity contribution in [1.29, 1.82) is 0 Å². The topological polar surface area (TPSA) is 86.5 Å². The quantitative estimate of drug-likeness (QED) is 0.665. The molecule has 0 spiro atoms. The molecule has 0 saturated carbocycles. The number of hydrogen-bond donors (Lipinski definition) is 1. The Morgan fingerprint density at radius 1 is 1.38 bits per heavy atom. The summed E-state index contributed by atoms with van der Waals surface area (Å²) in [6, 6.07) is 6.63. The van der Waals surface area contributed by atoms with E-state index in [1.54, 1.807) is 37.6 Å². The second-order valence-corrected chi connectivity index (χ2v) is 6.83.